The van der Waals surface area contributed by atoms with Crippen LogP contribution >= 0.6 is 22.9 Å². The van der Waals surface area contributed by atoms with E-state index >= 15 is 0 Å². The predicted octanol–water partition coefficient (Wildman–Crippen LogP) is 4.20. The van der Waals surface area contributed by atoms with Crippen molar-refractivity contribution in [3.63, 3.8) is 0 Å². The molecule has 2 heterocycles. The minimum Gasteiger partial charge on any atom is -0.321 e. The Morgan fingerprint density at radius 1 is 1.21 bits per heavy atom. The van der Waals surface area contributed by atoms with Gasteiger partial charge in [0, 0.05) is 11.8 Å². The Hall–Kier alpha value is -2.51. The van der Waals surface area contributed by atoms with Crippen LogP contribution in [0.1, 0.15) is 21.1 Å². The summed E-state index contributed by atoms with van der Waals surface area (Å²) in [6.07, 6.45) is 1.52. The largest absolute Gasteiger partial charge is 0.321 e. The standard InChI is InChI=1S/C16H14ClN5OS/c1-9-5-3-4-6-11(9)21-15(23)12-8-18-16(24-12)22-14-7-13(17)19-10(2)20-14/h3-8H,1-2H3,(H,21,23)(H,18,19,20,22). The molecular weight excluding hydrogens is 346 g/mol. The van der Waals surface area contributed by atoms with Crippen molar-refractivity contribution in [2.24, 2.45) is 0 Å². The quantitative estimate of drug-likeness (QED) is 0.682. The lowest BCUT2D eigenvalue weighted by Crippen LogP contribution is -2.10. The summed E-state index contributed by atoms with van der Waals surface area (Å²) in [5, 5.41) is 6.81. The number of carbonyl (C=O) groups excluding carboxylic acids is 1. The predicted molar refractivity (Wildman–Crippen MR) is 96.3 cm³/mol. The van der Waals surface area contributed by atoms with Gasteiger partial charge in [-0.25, -0.2) is 15.0 Å². The summed E-state index contributed by atoms with van der Waals surface area (Å²) < 4.78 is 0. The molecule has 24 heavy (non-hydrogen) atoms. The van der Waals surface area contributed by atoms with E-state index in [4.69, 9.17) is 11.6 Å². The van der Waals surface area contributed by atoms with Crippen LogP contribution in [0.3, 0.4) is 0 Å². The second-order valence-electron chi connectivity index (χ2n) is 5.05. The molecule has 0 aliphatic carbocycles. The SMILES string of the molecule is Cc1nc(Cl)cc(Nc2ncc(C(=O)Nc3ccccc3C)s2)n1. The Bertz CT molecular complexity index is 875. The van der Waals surface area contributed by atoms with Gasteiger partial charge >= 0.3 is 0 Å². The summed E-state index contributed by atoms with van der Waals surface area (Å²) >= 11 is 7.14. The highest BCUT2D eigenvalue weighted by Crippen LogP contribution is 2.24. The monoisotopic (exact) mass is 359 g/mol. The first-order chi connectivity index (χ1) is 11.5. The molecule has 0 spiro atoms. The lowest BCUT2D eigenvalue weighted by atomic mass is 10.2. The molecule has 0 unspecified atom stereocenters. The van der Waals surface area contributed by atoms with Crippen molar-refractivity contribution in [1.29, 1.82) is 0 Å². The smallest absolute Gasteiger partial charge is 0.267 e. The summed E-state index contributed by atoms with van der Waals surface area (Å²) in [5.74, 6) is 0.888. The van der Waals surface area contributed by atoms with E-state index in [1.54, 1.807) is 13.0 Å². The van der Waals surface area contributed by atoms with Crippen LogP contribution in [0, 0.1) is 13.8 Å². The van der Waals surface area contributed by atoms with Gasteiger partial charge in [0.15, 0.2) is 5.13 Å². The molecule has 8 heteroatoms. The Kier molecular flexibility index (Phi) is 4.73. The Labute approximate surface area is 148 Å². The maximum atomic E-state index is 12.3. The first kappa shape index (κ1) is 16.4. The highest BCUT2D eigenvalue weighted by Gasteiger charge is 2.12. The fraction of sp³-hybridized carbons (Fsp3) is 0.125. The van der Waals surface area contributed by atoms with Gasteiger partial charge in [-0.1, -0.05) is 41.1 Å². The number of nitrogens with one attached hydrogen (secondary N) is 2. The fourth-order valence-electron chi connectivity index (χ4n) is 2.04. The normalized spacial score (nSPS) is 10.5. The Morgan fingerprint density at radius 2 is 2.00 bits per heavy atom. The lowest BCUT2D eigenvalue weighted by Gasteiger charge is -2.06. The summed E-state index contributed by atoms with van der Waals surface area (Å²) in [4.78, 5) is 25.2. The highest BCUT2D eigenvalue weighted by molar-refractivity contribution is 7.17. The number of carbonyl (C=O) groups is 1. The molecule has 0 fully saturated rings. The molecule has 3 aromatic rings. The van der Waals surface area contributed by atoms with Crippen LogP contribution in [0.25, 0.3) is 0 Å². The third-order valence-corrected chi connectivity index (χ3v) is 4.27. The van der Waals surface area contributed by atoms with Crippen molar-refractivity contribution in [3.05, 3.63) is 57.9 Å². The molecule has 1 aromatic carbocycles. The van der Waals surface area contributed by atoms with Gasteiger partial charge < -0.3 is 10.6 Å². The summed E-state index contributed by atoms with van der Waals surface area (Å²) in [6.45, 7) is 3.69. The molecule has 122 valence electrons. The van der Waals surface area contributed by atoms with Crippen LogP contribution in [-0.2, 0) is 0 Å². The topological polar surface area (TPSA) is 79.8 Å². The zero-order chi connectivity index (χ0) is 17.1. The molecule has 0 saturated heterocycles. The lowest BCUT2D eigenvalue weighted by molar-refractivity contribution is 0.103. The number of anilines is 3. The van der Waals surface area contributed by atoms with Crippen molar-refractivity contribution in [1.82, 2.24) is 15.0 Å². The number of hydrogen-bond donors (Lipinski definition) is 2. The minimum atomic E-state index is -0.202. The number of halogens is 1. The third kappa shape index (κ3) is 3.87. The number of nitrogens with zero attached hydrogens (tertiary/aromatic N) is 3. The average Bonchev–Trinajstić information content (AvgIpc) is 2.97. The Morgan fingerprint density at radius 3 is 2.75 bits per heavy atom. The molecule has 0 saturated carbocycles. The number of para-hydroxylation sites is 1. The van der Waals surface area contributed by atoms with E-state index in [9.17, 15) is 4.79 Å². The van der Waals surface area contributed by atoms with Gasteiger partial charge in [-0.2, -0.15) is 0 Å². The minimum absolute atomic E-state index is 0.202. The van der Waals surface area contributed by atoms with Crippen LogP contribution in [0.4, 0.5) is 16.6 Å². The van der Waals surface area contributed by atoms with Crippen molar-refractivity contribution in [2.75, 3.05) is 10.6 Å². The number of aromatic nitrogens is 3. The maximum Gasteiger partial charge on any atom is 0.267 e. The van der Waals surface area contributed by atoms with Gasteiger partial charge in [0.1, 0.15) is 21.7 Å². The van der Waals surface area contributed by atoms with Gasteiger partial charge in [0.2, 0.25) is 0 Å². The van der Waals surface area contributed by atoms with E-state index in [2.05, 4.69) is 25.6 Å². The number of hydrogen-bond acceptors (Lipinski definition) is 6. The number of thiazole rings is 1. The summed E-state index contributed by atoms with van der Waals surface area (Å²) in [5.41, 5.74) is 1.78. The zero-order valence-corrected chi connectivity index (χ0v) is 14.6. The molecule has 0 atom stereocenters. The number of amides is 1. The second kappa shape index (κ2) is 6.94. The molecule has 2 N–H and O–H groups in total. The summed E-state index contributed by atoms with van der Waals surface area (Å²) in [7, 11) is 0. The Balaban J connectivity index is 1.73. The van der Waals surface area contributed by atoms with E-state index in [1.807, 2.05) is 31.2 Å². The molecule has 6 nitrogen and oxygen atoms in total. The molecular formula is C16H14ClN5OS. The average molecular weight is 360 g/mol. The molecule has 0 bridgehead atoms. The van der Waals surface area contributed by atoms with Gasteiger partial charge in [0.25, 0.3) is 5.91 Å². The third-order valence-electron chi connectivity index (χ3n) is 3.16. The number of aryl methyl sites for hydroxylation is 2. The molecule has 3 rings (SSSR count). The van der Waals surface area contributed by atoms with E-state index < -0.39 is 0 Å². The summed E-state index contributed by atoms with van der Waals surface area (Å²) in [6, 6.07) is 9.20. The van der Waals surface area contributed by atoms with Crippen molar-refractivity contribution < 1.29 is 4.79 Å². The molecule has 0 aliphatic heterocycles. The van der Waals surface area contributed by atoms with Crippen molar-refractivity contribution in [2.45, 2.75) is 13.8 Å². The van der Waals surface area contributed by atoms with E-state index in [-0.39, 0.29) is 5.91 Å². The van der Waals surface area contributed by atoms with Gasteiger partial charge in [-0.15, -0.1) is 0 Å². The molecule has 1 amide bonds. The van der Waals surface area contributed by atoms with E-state index in [0.717, 1.165) is 11.3 Å². The van der Waals surface area contributed by atoms with Crippen LogP contribution in [0.15, 0.2) is 36.5 Å². The van der Waals surface area contributed by atoms with E-state index in [0.29, 0.717) is 26.8 Å². The second-order valence-corrected chi connectivity index (χ2v) is 6.46. The van der Waals surface area contributed by atoms with E-state index in [1.165, 1.54) is 17.5 Å². The van der Waals surface area contributed by atoms with Crippen LogP contribution < -0.4 is 10.6 Å². The first-order valence-corrected chi connectivity index (χ1v) is 8.32. The van der Waals surface area contributed by atoms with Crippen LogP contribution in [-0.4, -0.2) is 20.9 Å². The van der Waals surface area contributed by atoms with Gasteiger partial charge in [-0.05, 0) is 25.5 Å². The zero-order valence-electron chi connectivity index (χ0n) is 13.0. The molecule has 2 aromatic heterocycles. The number of benzene rings is 1. The highest BCUT2D eigenvalue weighted by atomic mass is 35.5. The molecule has 0 radical (unpaired) electrons. The van der Waals surface area contributed by atoms with Gasteiger partial charge in [-0.3, -0.25) is 4.79 Å². The first-order valence-electron chi connectivity index (χ1n) is 7.12. The van der Waals surface area contributed by atoms with Crippen molar-refractivity contribution >= 4 is 45.5 Å². The fourth-order valence-corrected chi connectivity index (χ4v) is 2.98. The van der Waals surface area contributed by atoms with Crippen LogP contribution in [0.2, 0.25) is 5.15 Å². The molecule has 0 aliphatic rings. The van der Waals surface area contributed by atoms with Gasteiger partial charge in [0.05, 0.1) is 6.20 Å². The van der Waals surface area contributed by atoms with Crippen LogP contribution in [0.5, 0.6) is 0 Å². The maximum absolute atomic E-state index is 12.3. The van der Waals surface area contributed by atoms with Crippen molar-refractivity contribution in [3.8, 4) is 0 Å². The number of rotatable bonds is 4.